The lowest BCUT2D eigenvalue weighted by Gasteiger charge is -2.45. The molecule has 1 aliphatic rings. The number of hydrogen-bond acceptors (Lipinski definition) is 3. The van der Waals surface area contributed by atoms with Gasteiger partial charge in [-0.05, 0) is 52.6 Å². The van der Waals surface area contributed by atoms with E-state index < -0.39 is 0 Å². The predicted molar refractivity (Wildman–Crippen MR) is 73.3 cm³/mol. The molecule has 102 valence electrons. The van der Waals surface area contributed by atoms with Crippen molar-refractivity contribution in [2.45, 2.75) is 70.0 Å². The van der Waals surface area contributed by atoms with Crippen LogP contribution in [0.25, 0.3) is 0 Å². The first kappa shape index (κ1) is 14.9. The largest absolute Gasteiger partial charge is 0.394 e. The van der Waals surface area contributed by atoms with Gasteiger partial charge in [-0.3, -0.25) is 0 Å². The first-order valence-electron chi connectivity index (χ1n) is 7.14. The molecule has 0 aliphatic heterocycles. The second-order valence-electron chi connectivity index (χ2n) is 5.57. The topological polar surface area (TPSA) is 35.5 Å². The Bertz CT molecular complexity index is 212. The molecule has 1 fully saturated rings. The minimum Gasteiger partial charge on any atom is -0.394 e. The molecule has 0 heterocycles. The van der Waals surface area contributed by atoms with Crippen LogP contribution in [0.4, 0.5) is 0 Å². The maximum Gasteiger partial charge on any atom is 0.0613 e. The molecule has 0 bridgehead atoms. The van der Waals surface area contributed by atoms with Crippen LogP contribution in [0, 0.1) is 0 Å². The Morgan fingerprint density at radius 1 is 1.41 bits per heavy atom. The van der Waals surface area contributed by atoms with Crippen molar-refractivity contribution < 1.29 is 5.11 Å². The van der Waals surface area contributed by atoms with Gasteiger partial charge in [0, 0.05) is 17.6 Å². The summed E-state index contributed by atoms with van der Waals surface area (Å²) in [5.74, 6) is 0. The summed E-state index contributed by atoms with van der Waals surface area (Å²) in [7, 11) is 4.24. The van der Waals surface area contributed by atoms with Crippen molar-refractivity contribution in [1.82, 2.24) is 10.2 Å². The van der Waals surface area contributed by atoms with Crippen molar-refractivity contribution in [2.24, 2.45) is 0 Å². The van der Waals surface area contributed by atoms with E-state index in [-0.39, 0.29) is 12.1 Å². The van der Waals surface area contributed by atoms with Crippen LogP contribution < -0.4 is 5.32 Å². The van der Waals surface area contributed by atoms with Crippen molar-refractivity contribution in [3.8, 4) is 0 Å². The van der Waals surface area contributed by atoms with E-state index in [4.69, 9.17) is 0 Å². The molecule has 0 aromatic heterocycles. The van der Waals surface area contributed by atoms with Gasteiger partial charge in [-0.1, -0.05) is 13.8 Å². The number of aliphatic hydroxyl groups excluding tert-OH is 1. The molecule has 0 aromatic carbocycles. The molecule has 0 amide bonds. The van der Waals surface area contributed by atoms with E-state index in [9.17, 15) is 5.11 Å². The minimum absolute atomic E-state index is 0.0385. The van der Waals surface area contributed by atoms with Crippen LogP contribution in [0.1, 0.15) is 52.4 Å². The van der Waals surface area contributed by atoms with Gasteiger partial charge in [0.2, 0.25) is 0 Å². The van der Waals surface area contributed by atoms with E-state index in [2.05, 4.69) is 31.1 Å². The highest BCUT2D eigenvalue weighted by atomic mass is 16.3. The monoisotopic (exact) mass is 242 g/mol. The summed E-state index contributed by atoms with van der Waals surface area (Å²) in [4.78, 5) is 2.54. The molecule has 1 saturated carbocycles. The average molecular weight is 242 g/mol. The van der Waals surface area contributed by atoms with Crippen molar-refractivity contribution >= 4 is 0 Å². The van der Waals surface area contributed by atoms with Crippen LogP contribution in [0.3, 0.4) is 0 Å². The lowest BCUT2D eigenvalue weighted by Crippen LogP contribution is -2.55. The summed E-state index contributed by atoms with van der Waals surface area (Å²) in [6, 6.07) is 1.31. The number of hydrogen-bond donors (Lipinski definition) is 2. The molecule has 0 spiro atoms. The normalized spacial score (nSPS) is 30.2. The molecule has 3 nitrogen and oxygen atoms in total. The lowest BCUT2D eigenvalue weighted by atomic mass is 9.78. The van der Waals surface area contributed by atoms with E-state index in [1.54, 1.807) is 0 Å². The quantitative estimate of drug-likeness (QED) is 0.748. The Kier molecular flexibility index (Phi) is 5.90. The highest BCUT2D eigenvalue weighted by Crippen LogP contribution is 2.31. The number of rotatable bonds is 6. The van der Waals surface area contributed by atoms with Gasteiger partial charge in [0.05, 0.1) is 6.61 Å². The van der Waals surface area contributed by atoms with Crippen LogP contribution in [0.15, 0.2) is 0 Å². The van der Waals surface area contributed by atoms with E-state index >= 15 is 0 Å². The fourth-order valence-electron chi connectivity index (χ4n) is 3.29. The van der Waals surface area contributed by atoms with Gasteiger partial charge in [0.25, 0.3) is 0 Å². The Morgan fingerprint density at radius 2 is 2.06 bits per heavy atom. The third-order valence-electron chi connectivity index (χ3n) is 4.75. The molecule has 2 N–H and O–H groups in total. The van der Waals surface area contributed by atoms with Crippen LogP contribution in [-0.4, -0.2) is 48.3 Å². The van der Waals surface area contributed by atoms with E-state index in [1.807, 2.05) is 7.05 Å². The summed E-state index contributed by atoms with van der Waals surface area (Å²) in [6.07, 6.45) is 7.11. The standard InChI is InChI=1S/C14H30N2O/c1-5-12(6-2)16(4)13-8-7-9-14(10-13,11-17)15-3/h12-13,15,17H,5-11H2,1-4H3. The summed E-state index contributed by atoms with van der Waals surface area (Å²) in [6.45, 7) is 4.80. The zero-order chi connectivity index (χ0) is 12.9. The molecule has 3 heteroatoms. The maximum absolute atomic E-state index is 9.61. The maximum atomic E-state index is 9.61. The van der Waals surface area contributed by atoms with Gasteiger partial charge in [-0.2, -0.15) is 0 Å². The van der Waals surface area contributed by atoms with Gasteiger partial charge in [-0.25, -0.2) is 0 Å². The first-order valence-corrected chi connectivity index (χ1v) is 7.14. The molecule has 2 unspecified atom stereocenters. The third-order valence-corrected chi connectivity index (χ3v) is 4.75. The number of aliphatic hydroxyl groups is 1. The summed E-state index contributed by atoms with van der Waals surface area (Å²) in [5.41, 5.74) is -0.0385. The third kappa shape index (κ3) is 3.43. The molecule has 0 radical (unpaired) electrons. The second kappa shape index (κ2) is 6.72. The highest BCUT2D eigenvalue weighted by molar-refractivity contribution is 4.95. The van der Waals surface area contributed by atoms with E-state index in [0.717, 1.165) is 12.8 Å². The van der Waals surface area contributed by atoms with Crippen LogP contribution in [-0.2, 0) is 0 Å². The van der Waals surface area contributed by atoms with Gasteiger partial charge in [0.1, 0.15) is 0 Å². The van der Waals surface area contributed by atoms with Crippen LogP contribution >= 0.6 is 0 Å². The van der Waals surface area contributed by atoms with E-state index in [0.29, 0.717) is 12.1 Å². The molecular formula is C14H30N2O. The SMILES string of the molecule is CCC(CC)N(C)C1CCCC(CO)(NC)C1. The van der Waals surface area contributed by atoms with Crippen LogP contribution in [0.5, 0.6) is 0 Å². The number of nitrogens with zero attached hydrogens (tertiary/aromatic N) is 1. The smallest absolute Gasteiger partial charge is 0.0613 e. The fourth-order valence-corrected chi connectivity index (χ4v) is 3.29. The number of likely N-dealkylation sites (N-methyl/N-ethyl adjacent to an activating group) is 1. The van der Waals surface area contributed by atoms with Gasteiger partial charge >= 0.3 is 0 Å². The molecule has 1 rings (SSSR count). The van der Waals surface area contributed by atoms with E-state index in [1.165, 1.54) is 25.7 Å². The second-order valence-corrected chi connectivity index (χ2v) is 5.57. The Hall–Kier alpha value is -0.120. The molecule has 17 heavy (non-hydrogen) atoms. The zero-order valence-corrected chi connectivity index (χ0v) is 12.0. The van der Waals surface area contributed by atoms with Crippen molar-refractivity contribution in [3.63, 3.8) is 0 Å². The summed E-state index contributed by atoms with van der Waals surface area (Å²) in [5, 5.41) is 13.0. The lowest BCUT2D eigenvalue weighted by molar-refractivity contribution is 0.0545. The minimum atomic E-state index is -0.0385. The molecule has 0 aromatic rings. The zero-order valence-electron chi connectivity index (χ0n) is 12.0. The molecule has 2 atom stereocenters. The predicted octanol–water partition coefficient (Wildman–Crippen LogP) is 2.00. The highest BCUT2D eigenvalue weighted by Gasteiger charge is 2.36. The number of nitrogens with one attached hydrogen (secondary N) is 1. The van der Waals surface area contributed by atoms with Crippen LogP contribution in [0.2, 0.25) is 0 Å². The Morgan fingerprint density at radius 3 is 2.53 bits per heavy atom. The van der Waals surface area contributed by atoms with Gasteiger partial charge < -0.3 is 15.3 Å². The van der Waals surface area contributed by atoms with Crippen molar-refractivity contribution in [2.75, 3.05) is 20.7 Å². The Labute approximate surface area is 107 Å². The van der Waals surface area contributed by atoms with Crippen molar-refractivity contribution in [1.29, 1.82) is 0 Å². The molecule has 0 saturated heterocycles. The summed E-state index contributed by atoms with van der Waals surface area (Å²) >= 11 is 0. The summed E-state index contributed by atoms with van der Waals surface area (Å²) < 4.78 is 0. The van der Waals surface area contributed by atoms with Gasteiger partial charge in [-0.15, -0.1) is 0 Å². The molecule has 1 aliphatic carbocycles. The fraction of sp³-hybridized carbons (Fsp3) is 1.00. The molecular weight excluding hydrogens is 212 g/mol. The van der Waals surface area contributed by atoms with Crippen molar-refractivity contribution in [3.05, 3.63) is 0 Å². The Balaban J connectivity index is 2.65. The first-order chi connectivity index (χ1) is 8.12. The average Bonchev–Trinajstić information content (AvgIpc) is 2.40. The van der Waals surface area contributed by atoms with Gasteiger partial charge in [0.15, 0.2) is 0 Å².